The van der Waals surface area contributed by atoms with Crippen LogP contribution in [-0.4, -0.2) is 34.0 Å². The van der Waals surface area contributed by atoms with Crippen LogP contribution in [0.1, 0.15) is 33.1 Å². The Balaban J connectivity index is 2.67. The normalized spacial score (nSPS) is 26.9. The second kappa shape index (κ2) is 4.96. The van der Waals surface area contributed by atoms with E-state index in [1.165, 1.54) is 0 Å². The molecular weight excluding hydrogens is 194 g/mol. The number of carboxylic acids is 1. The molecule has 4 heteroatoms. The van der Waals surface area contributed by atoms with E-state index in [9.17, 15) is 9.59 Å². The van der Waals surface area contributed by atoms with Crippen molar-refractivity contribution in [2.45, 2.75) is 45.2 Å². The highest BCUT2D eigenvalue weighted by Gasteiger charge is 2.27. The van der Waals surface area contributed by atoms with Gasteiger partial charge < -0.3 is 10.0 Å². The van der Waals surface area contributed by atoms with Gasteiger partial charge in [-0.15, -0.1) is 0 Å². The third-order valence-electron chi connectivity index (χ3n) is 2.82. The minimum atomic E-state index is -1.08. The molecule has 0 saturated carbocycles. The zero-order valence-electron chi connectivity index (χ0n) is 9.14. The average molecular weight is 211 g/mol. The molecule has 1 N–H and O–H groups in total. The maximum atomic E-state index is 11.7. The topological polar surface area (TPSA) is 57.6 Å². The van der Waals surface area contributed by atoms with Gasteiger partial charge in [-0.25, -0.2) is 4.79 Å². The molecule has 0 aliphatic carbocycles. The van der Waals surface area contributed by atoms with Crippen LogP contribution in [0.3, 0.4) is 0 Å². The summed E-state index contributed by atoms with van der Waals surface area (Å²) >= 11 is 0. The number of amides is 1. The first kappa shape index (κ1) is 11.8. The Hall–Kier alpha value is -1.32. The van der Waals surface area contributed by atoms with Crippen LogP contribution < -0.4 is 0 Å². The number of carboxylic acid groups (broad SMARTS) is 1. The standard InChI is InChI=1S/C11H17NO3/c1-8-4-3-5-9(2)12(8)10(13)6-7-11(14)15/h6-9H,3-5H2,1-2H3,(H,14,15)/b7-6+. The average Bonchev–Trinajstić information content (AvgIpc) is 2.14. The molecule has 0 aromatic carbocycles. The summed E-state index contributed by atoms with van der Waals surface area (Å²) in [6, 6.07) is 0.416. The molecule has 1 rings (SSSR count). The van der Waals surface area contributed by atoms with Crippen LogP contribution in [0.15, 0.2) is 12.2 Å². The van der Waals surface area contributed by atoms with Crippen molar-refractivity contribution in [3.05, 3.63) is 12.2 Å². The molecule has 2 atom stereocenters. The highest BCUT2D eigenvalue weighted by molar-refractivity contribution is 5.94. The van der Waals surface area contributed by atoms with Gasteiger partial charge in [0.25, 0.3) is 0 Å². The summed E-state index contributed by atoms with van der Waals surface area (Å²) in [6.07, 6.45) is 5.17. The van der Waals surface area contributed by atoms with Gasteiger partial charge >= 0.3 is 5.97 Å². The highest BCUT2D eigenvalue weighted by Crippen LogP contribution is 2.22. The smallest absolute Gasteiger partial charge is 0.328 e. The summed E-state index contributed by atoms with van der Waals surface area (Å²) in [6.45, 7) is 4.00. The van der Waals surface area contributed by atoms with E-state index in [2.05, 4.69) is 0 Å². The zero-order valence-corrected chi connectivity index (χ0v) is 9.14. The van der Waals surface area contributed by atoms with E-state index in [0.717, 1.165) is 31.4 Å². The number of carbonyl (C=O) groups is 2. The monoisotopic (exact) mass is 211 g/mol. The Morgan fingerprint density at radius 1 is 1.20 bits per heavy atom. The summed E-state index contributed by atoms with van der Waals surface area (Å²) in [5.74, 6) is -1.28. The molecule has 0 radical (unpaired) electrons. The molecule has 1 heterocycles. The molecule has 1 saturated heterocycles. The van der Waals surface area contributed by atoms with E-state index in [1.807, 2.05) is 13.8 Å². The maximum absolute atomic E-state index is 11.7. The van der Waals surface area contributed by atoms with Crippen molar-refractivity contribution >= 4 is 11.9 Å². The first-order chi connectivity index (χ1) is 7.02. The van der Waals surface area contributed by atoms with Gasteiger partial charge in [-0.2, -0.15) is 0 Å². The number of aliphatic carboxylic acids is 1. The lowest BCUT2D eigenvalue weighted by atomic mass is 9.97. The van der Waals surface area contributed by atoms with Gasteiger partial charge in [-0.1, -0.05) is 0 Å². The van der Waals surface area contributed by atoms with Crippen molar-refractivity contribution in [2.24, 2.45) is 0 Å². The van der Waals surface area contributed by atoms with Crippen molar-refractivity contribution in [2.75, 3.05) is 0 Å². The Bertz CT molecular complexity index is 276. The van der Waals surface area contributed by atoms with Crippen LogP contribution in [0.25, 0.3) is 0 Å². The quantitative estimate of drug-likeness (QED) is 0.703. The lowest BCUT2D eigenvalue weighted by Crippen LogP contribution is -2.46. The predicted octanol–water partition coefficient (Wildman–Crippen LogP) is 1.42. The number of nitrogens with zero attached hydrogens (tertiary/aromatic N) is 1. The predicted molar refractivity (Wildman–Crippen MR) is 56.4 cm³/mol. The summed E-state index contributed by atoms with van der Waals surface area (Å²) in [7, 11) is 0. The molecule has 0 bridgehead atoms. The van der Waals surface area contributed by atoms with E-state index in [-0.39, 0.29) is 18.0 Å². The number of hydrogen-bond acceptors (Lipinski definition) is 2. The molecule has 1 fully saturated rings. The Labute approximate surface area is 89.6 Å². The van der Waals surface area contributed by atoms with Gasteiger partial charge in [0.2, 0.25) is 5.91 Å². The molecule has 0 aromatic rings. The second-order valence-electron chi connectivity index (χ2n) is 4.05. The first-order valence-corrected chi connectivity index (χ1v) is 5.25. The Morgan fingerprint density at radius 2 is 1.73 bits per heavy atom. The van der Waals surface area contributed by atoms with Gasteiger partial charge in [0.1, 0.15) is 0 Å². The van der Waals surface area contributed by atoms with Crippen molar-refractivity contribution in [1.82, 2.24) is 4.90 Å². The van der Waals surface area contributed by atoms with Gasteiger partial charge in [0.15, 0.2) is 0 Å². The SMILES string of the molecule is CC1CCCC(C)N1C(=O)/C=C/C(=O)O. The van der Waals surface area contributed by atoms with Gasteiger partial charge in [0.05, 0.1) is 0 Å². The van der Waals surface area contributed by atoms with Gasteiger partial charge in [0, 0.05) is 24.2 Å². The summed E-state index contributed by atoms with van der Waals surface area (Å²) < 4.78 is 0. The number of piperidine rings is 1. The Kier molecular flexibility index (Phi) is 3.88. The molecule has 15 heavy (non-hydrogen) atoms. The highest BCUT2D eigenvalue weighted by atomic mass is 16.4. The van der Waals surface area contributed by atoms with Crippen LogP contribution in [0, 0.1) is 0 Å². The second-order valence-corrected chi connectivity index (χ2v) is 4.05. The fourth-order valence-electron chi connectivity index (χ4n) is 2.08. The molecular formula is C11H17NO3. The fourth-order valence-corrected chi connectivity index (χ4v) is 2.08. The van der Waals surface area contributed by atoms with Crippen molar-refractivity contribution < 1.29 is 14.7 Å². The van der Waals surface area contributed by atoms with Crippen molar-refractivity contribution in [3.8, 4) is 0 Å². The third kappa shape index (κ3) is 3.08. The summed E-state index contributed by atoms with van der Waals surface area (Å²) in [5, 5.41) is 8.43. The number of rotatable bonds is 2. The lowest BCUT2D eigenvalue weighted by molar-refractivity contribution is -0.134. The van der Waals surface area contributed by atoms with E-state index in [0.29, 0.717) is 0 Å². The Morgan fingerprint density at radius 3 is 2.20 bits per heavy atom. The van der Waals surface area contributed by atoms with E-state index < -0.39 is 5.97 Å². The molecule has 2 unspecified atom stereocenters. The number of carbonyl (C=O) groups excluding carboxylic acids is 1. The minimum Gasteiger partial charge on any atom is -0.478 e. The molecule has 0 aromatic heterocycles. The largest absolute Gasteiger partial charge is 0.478 e. The van der Waals surface area contributed by atoms with Crippen LogP contribution in [0.5, 0.6) is 0 Å². The first-order valence-electron chi connectivity index (χ1n) is 5.25. The maximum Gasteiger partial charge on any atom is 0.328 e. The molecule has 1 aliphatic heterocycles. The zero-order chi connectivity index (χ0) is 11.4. The van der Waals surface area contributed by atoms with Gasteiger partial charge in [-0.05, 0) is 33.1 Å². The van der Waals surface area contributed by atoms with E-state index >= 15 is 0 Å². The number of hydrogen-bond donors (Lipinski definition) is 1. The van der Waals surface area contributed by atoms with E-state index in [4.69, 9.17) is 5.11 Å². The summed E-state index contributed by atoms with van der Waals surface area (Å²) in [4.78, 5) is 23.8. The van der Waals surface area contributed by atoms with E-state index in [1.54, 1.807) is 4.90 Å². The fraction of sp³-hybridized carbons (Fsp3) is 0.636. The number of likely N-dealkylation sites (tertiary alicyclic amines) is 1. The third-order valence-corrected chi connectivity index (χ3v) is 2.82. The van der Waals surface area contributed by atoms with Crippen LogP contribution in [0.4, 0.5) is 0 Å². The molecule has 1 amide bonds. The van der Waals surface area contributed by atoms with Gasteiger partial charge in [-0.3, -0.25) is 4.79 Å². The molecule has 4 nitrogen and oxygen atoms in total. The molecule has 84 valence electrons. The van der Waals surface area contributed by atoms with Crippen molar-refractivity contribution in [1.29, 1.82) is 0 Å². The minimum absolute atomic E-state index is 0.197. The van der Waals surface area contributed by atoms with Crippen LogP contribution in [-0.2, 0) is 9.59 Å². The van der Waals surface area contributed by atoms with Crippen LogP contribution in [0.2, 0.25) is 0 Å². The summed E-state index contributed by atoms with van der Waals surface area (Å²) in [5.41, 5.74) is 0. The lowest BCUT2D eigenvalue weighted by Gasteiger charge is -2.38. The molecule has 1 aliphatic rings. The molecule has 0 spiro atoms. The van der Waals surface area contributed by atoms with Crippen molar-refractivity contribution in [3.63, 3.8) is 0 Å². The van der Waals surface area contributed by atoms with Crippen LogP contribution >= 0.6 is 0 Å².